The molecule has 0 radical (unpaired) electrons. The number of rotatable bonds is 4. The van der Waals surface area contributed by atoms with Crippen molar-refractivity contribution < 1.29 is 14.6 Å². The van der Waals surface area contributed by atoms with Crippen molar-refractivity contribution in [2.75, 3.05) is 7.11 Å². The number of imidazole rings is 1. The van der Waals surface area contributed by atoms with Crippen molar-refractivity contribution in [2.24, 2.45) is 0 Å². The van der Waals surface area contributed by atoms with Crippen LogP contribution in [0.2, 0.25) is 0 Å². The maximum atomic E-state index is 11.3. The first-order valence-corrected chi connectivity index (χ1v) is 7.13. The zero-order valence-electron chi connectivity index (χ0n) is 12.9. The topological polar surface area (TPSA) is 64.3 Å². The number of carboxylic acids is 1. The third kappa shape index (κ3) is 2.81. The van der Waals surface area contributed by atoms with Crippen molar-refractivity contribution in [1.29, 1.82) is 0 Å². The van der Waals surface area contributed by atoms with E-state index in [1.807, 2.05) is 55.5 Å². The summed E-state index contributed by atoms with van der Waals surface area (Å²) >= 11 is 0. The summed E-state index contributed by atoms with van der Waals surface area (Å²) in [6, 6.07) is 15.2. The van der Waals surface area contributed by atoms with Gasteiger partial charge in [-0.1, -0.05) is 24.3 Å². The van der Waals surface area contributed by atoms with E-state index in [2.05, 4.69) is 4.98 Å². The molecule has 0 saturated heterocycles. The number of ether oxygens (including phenoxy) is 1. The lowest BCUT2D eigenvalue weighted by Gasteiger charge is -2.11. The molecule has 0 unspecified atom stereocenters. The largest absolute Gasteiger partial charge is 0.496 e. The second kappa shape index (κ2) is 5.96. The number of methoxy groups -OCH3 is 1. The number of carbonyl (C=O) groups is 1. The van der Waals surface area contributed by atoms with Gasteiger partial charge in [-0.25, -0.2) is 9.78 Å². The molecular formula is C18H16N2O3. The molecule has 0 spiro atoms. The third-order valence-corrected chi connectivity index (χ3v) is 3.55. The number of hydrogen-bond acceptors (Lipinski definition) is 3. The molecule has 0 amide bonds. The summed E-state index contributed by atoms with van der Waals surface area (Å²) < 4.78 is 7.16. The Kier molecular flexibility index (Phi) is 3.85. The van der Waals surface area contributed by atoms with Gasteiger partial charge in [0.2, 0.25) is 0 Å². The van der Waals surface area contributed by atoms with Crippen molar-refractivity contribution in [3.63, 3.8) is 0 Å². The van der Waals surface area contributed by atoms with Gasteiger partial charge in [0.05, 0.1) is 12.7 Å². The summed E-state index contributed by atoms with van der Waals surface area (Å²) in [6.45, 7) is 1.99. The monoisotopic (exact) mass is 308 g/mol. The van der Waals surface area contributed by atoms with Gasteiger partial charge in [-0.05, 0) is 36.8 Å². The van der Waals surface area contributed by atoms with Gasteiger partial charge < -0.3 is 9.84 Å². The Hall–Kier alpha value is -3.08. The SMILES string of the molecule is COc1ccccc1-c1nc(C(=O)O)cn1-c1cccc(C)c1. The zero-order valence-corrected chi connectivity index (χ0v) is 12.9. The van der Waals surface area contributed by atoms with Crippen LogP contribution in [0.15, 0.2) is 54.7 Å². The van der Waals surface area contributed by atoms with Gasteiger partial charge in [-0.15, -0.1) is 0 Å². The van der Waals surface area contributed by atoms with Crippen molar-refractivity contribution in [2.45, 2.75) is 6.92 Å². The number of para-hydroxylation sites is 1. The van der Waals surface area contributed by atoms with Crippen molar-refractivity contribution in [3.8, 4) is 22.8 Å². The molecular weight excluding hydrogens is 292 g/mol. The average molecular weight is 308 g/mol. The highest BCUT2D eigenvalue weighted by Crippen LogP contribution is 2.31. The van der Waals surface area contributed by atoms with E-state index in [9.17, 15) is 9.90 Å². The molecule has 3 rings (SSSR count). The molecule has 2 aromatic carbocycles. The Balaban J connectivity index is 2.25. The summed E-state index contributed by atoms with van der Waals surface area (Å²) in [5, 5.41) is 9.29. The number of aromatic nitrogens is 2. The molecule has 1 N–H and O–H groups in total. The van der Waals surface area contributed by atoms with Crippen LogP contribution >= 0.6 is 0 Å². The van der Waals surface area contributed by atoms with E-state index in [-0.39, 0.29) is 5.69 Å². The quantitative estimate of drug-likeness (QED) is 0.800. The lowest BCUT2D eigenvalue weighted by molar-refractivity contribution is 0.0691. The molecule has 0 bridgehead atoms. The Bertz CT molecular complexity index is 868. The third-order valence-electron chi connectivity index (χ3n) is 3.55. The minimum atomic E-state index is -1.06. The first-order chi connectivity index (χ1) is 11.1. The number of aromatic carboxylic acids is 1. The van der Waals surface area contributed by atoms with Crippen molar-refractivity contribution >= 4 is 5.97 Å². The lowest BCUT2D eigenvalue weighted by Crippen LogP contribution is -1.98. The molecule has 0 saturated carbocycles. The highest BCUT2D eigenvalue weighted by atomic mass is 16.5. The minimum absolute atomic E-state index is 0.00703. The molecule has 1 aromatic heterocycles. The molecule has 3 aromatic rings. The molecule has 5 heteroatoms. The van der Waals surface area contributed by atoms with E-state index in [0.29, 0.717) is 11.6 Å². The van der Waals surface area contributed by atoms with Gasteiger partial charge in [0, 0.05) is 11.9 Å². The van der Waals surface area contributed by atoms with Crippen LogP contribution < -0.4 is 4.74 Å². The van der Waals surface area contributed by atoms with Crippen LogP contribution in [0.1, 0.15) is 16.1 Å². The number of benzene rings is 2. The molecule has 0 aliphatic heterocycles. The molecule has 5 nitrogen and oxygen atoms in total. The maximum Gasteiger partial charge on any atom is 0.356 e. The van der Waals surface area contributed by atoms with E-state index in [0.717, 1.165) is 16.8 Å². The van der Waals surface area contributed by atoms with E-state index in [1.54, 1.807) is 11.7 Å². The zero-order chi connectivity index (χ0) is 16.4. The maximum absolute atomic E-state index is 11.3. The summed E-state index contributed by atoms with van der Waals surface area (Å²) in [6.07, 6.45) is 1.53. The molecule has 1 heterocycles. The second-order valence-corrected chi connectivity index (χ2v) is 5.16. The molecule has 116 valence electrons. The fourth-order valence-electron chi connectivity index (χ4n) is 2.48. The Morgan fingerprint density at radius 1 is 1.17 bits per heavy atom. The Morgan fingerprint density at radius 3 is 2.65 bits per heavy atom. The highest BCUT2D eigenvalue weighted by Gasteiger charge is 2.18. The van der Waals surface area contributed by atoms with Gasteiger partial charge in [0.15, 0.2) is 5.69 Å². The summed E-state index contributed by atoms with van der Waals surface area (Å²) in [4.78, 5) is 15.6. The van der Waals surface area contributed by atoms with Gasteiger partial charge >= 0.3 is 5.97 Å². The van der Waals surface area contributed by atoms with Crippen molar-refractivity contribution in [3.05, 3.63) is 66.0 Å². The van der Waals surface area contributed by atoms with Crippen LogP contribution in [0.3, 0.4) is 0 Å². The minimum Gasteiger partial charge on any atom is -0.496 e. The smallest absolute Gasteiger partial charge is 0.356 e. The van der Waals surface area contributed by atoms with Gasteiger partial charge in [-0.2, -0.15) is 0 Å². The predicted octanol–water partition coefficient (Wildman–Crippen LogP) is 3.55. The first kappa shape index (κ1) is 14.8. The summed E-state index contributed by atoms with van der Waals surface area (Å²) in [5.41, 5.74) is 2.67. The van der Waals surface area contributed by atoms with Crippen LogP contribution in [-0.4, -0.2) is 27.7 Å². The lowest BCUT2D eigenvalue weighted by atomic mass is 10.1. The van der Waals surface area contributed by atoms with Crippen LogP contribution in [0.5, 0.6) is 5.75 Å². The van der Waals surface area contributed by atoms with Crippen LogP contribution in [-0.2, 0) is 0 Å². The van der Waals surface area contributed by atoms with Crippen molar-refractivity contribution in [1.82, 2.24) is 9.55 Å². The van der Waals surface area contributed by atoms with E-state index in [4.69, 9.17) is 4.74 Å². The number of carboxylic acid groups (broad SMARTS) is 1. The fraction of sp³-hybridized carbons (Fsp3) is 0.111. The number of aryl methyl sites for hydroxylation is 1. The number of hydrogen-bond donors (Lipinski definition) is 1. The molecule has 0 aliphatic rings. The normalized spacial score (nSPS) is 10.5. The molecule has 0 aliphatic carbocycles. The molecule has 0 fully saturated rings. The first-order valence-electron chi connectivity index (χ1n) is 7.13. The highest BCUT2D eigenvalue weighted by molar-refractivity contribution is 5.86. The number of nitrogens with zero attached hydrogens (tertiary/aromatic N) is 2. The van der Waals surface area contributed by atoms with E-state index < -0.39 is 5.97 Å². The van der Waals surface area contributed by atoms with Crippen LogP contribution in [0.4, 0.5) is 0 Å². The Morgan fingerprint density at radius 2 is 1.96 bits per heavy atom. The molecule has 23 heavy (non-hydrogen) atoms. The fourth-order valence-corrected chi connectivity index (χ4v) is 2.48. The summed E-state index contributed by atoms with van der Waals surface area (Å²) in [7, 11) is 1.58. The summed E-state index contributed by atoms with van der Waals surface area (Å²) in [5.74, 6) is 0.113. The average Bonchev–Trinajstić information content (AvgIpc) is 3.00. The van der Waals surface area contributed by atoms with E-state index in [1.165, 1.54) is 6.20 Å². The standard InChI is InChI=1S/C18H16N2O3/c1-12-6-5-7-13(10-12)20-11-15(18(21)22)19-17(20)14-8-3-4-9-16(14)23-2/h3-11H,1-2H3,(H,21,22). The second-order valence-electron chi connectivity index (χ2n) is 5.16. The van der Waals surface area contributed by atoms with E-state index >= 15 is 0 Å². The van der Waals surface area contributed by atoms with Gasteiger partial charge in [0.1, 0.15) is 11.6 Å². The van der Waals surface area contributed by atoms with Crippen LogP contribution in [0.25, 0.3) is 17.1 Å². The van der Waals surface area contributed by atoms with Gasteiger partial charge in [-0.3, -0.25) is 4.57 Å². The van der Waals surface area contributed by atoms with Gasteiger partial charge in [0.25, 0.3) is 0 Å². The predicted molar refractivity (Wildman–Crippen MR) is 87.2 cm³/mol. The Labute approximate surface area is 133 Å². The van der Waals surface area contributed by atoms with Crippen LogP contribution in [0, 0.1) is 6.92 Å². The molecule has 0 atom stereocenters.